The van der Waals surface area contributed by atoms with Crippen LogP contribution >= 0.6 is 0 Å². The Morgan fingerprint density at radius 1 is 0.926 bits per heavy atom. The van der Waals surface area contributed by atoms with Crippen LogP contribution in [0.3, 0.4) is 0 Å². The summed E-state index contributed by atoms with van der Waals surface area (Å²) in [5.41, 5.74) is 2.81. The number of carbonyl (C=O) groups excluding carboxylic acids is 1. The molecule has 27 heavy (non-hydrogen) atoms. The maximum atomic E-state index is 12.4. The Morgan fingerprint density at radius 2 is 1.59 bits per heavy atom. The van der Waals surface area contributed by atoms with Gasteiger partial charge in [0.1, 0.15) is 18.1 Å². The van der Waals surface area contributed by atoms with Crippen LogP contribution in [0, 0.1) is 6.92 Å². The number of hydrogen-bond acceptors (Lipinski definition) is 3. The van der Waals surface area contributed by atoms with Gasteiger partial charge in [-0.1, -0.05) is 48.5 Å². The molecule has 1 amide bonds. The number of rotatable bonds is 7. The van der Waals surface area contributed by atoms with E-state index in [-0.39, 0.29) is 5.91 Å². The van der Waals surface area contributed by atoms with E-state index in [0.717, 1.165) is 16.9 Å². The van der Waals surface area contributed by atoms with Crippen molar-refractivity contribution in [3.63, 3.8) is 0 Å². The first-order valence-electron chi connectivity index (χ1n) is 8.92. The van der Waals surface area contributed by atoms with E-state index < -0.39 is 6.10 Å². The molecule has 1 unspecified atom stereocenters. The predicted octanol–water partition coefficient (Wildman–Crippen LogP) is 4.98. The average molecular weight is 361 g/mol. The highest BCUT2D eigenvalue weighted by Gasteiger charge is 2.15. The smallest absolute Gasteiger partial charge is 0.265 e. The van der Waals surface area contributed by atoms with Crippen molar-refractivity contribution < 1.29 is 14.3 Å². The third-order valence-corrected chi connectivity index (χ3v) is 4.14. The Kier molecular flexibility index (Phi) is 6.10. The van der Waals surface area contributed by atoms with Gasteiger partial charge in [-0.25, -0.2) is 0 Å². The van der Waals surface area contributed by atoms with Crippen molar-refractivity contribution in [2.75, 3.05) is 5.32 Å². The van der Waals surface area contributed by atoms with E-state index in [0.29, 0.717) is 18.0 Å². The molecule has 0 fully saturated rings. The zero-order valence-electron chi connectivity index (χ0n) is 15.5. The number of anilines is 1. The predicted molar refractivity (Wildman–Crippen MR) is 107 cm³/mol. The lowest BCUT2D eigenvalue weighted by molar-refractivity contribution is -0.122. The molecule has 4 nitrogen and oxygen atoms in total. The number of amides is 1. The van der Waals surface area contributed by atoms with Gasteiger partial charge in [0.2, 0.25) is 0 Å². The number of para-hydroxylation sites is 1. The summed E-state index contributed by atoms with van der Waals surface area (Å²) in [7, 11) is 0. The van der Waals surface area contributed by atoms with Crippen LogP contribution < -0.4 is 14.8 Å². The van der Waals surface area contributed by atoms with E-state index >= 15 is 0 Å². The first-order chi connectivity index (χ1) is 13.1. The van der Waals surface area contributed by atoms with Gasteiger partial charge in [0.25, 0.3) is 5.91 Å². The van der Waals surface area contributed by atoms with E-state index in [9.17, 15) is 4.79 Å². The standard InChI is InChI=1S/C23H23NO3/c1-17-8-6-7-11-22(17)27-18(2)23(25)24-20-12-14-21(15-13-20)26-16-19-9-4-3-5-10-19/h3-15,18H,16H2,1-2H3,(H,24,25). The van der Waals surface area contributed by atoms with Crippen molar-refractivity contribution in [1.82, 2.24) is 0 Å². The van der Waals surface area contributed by atoms with E-state index in [1.807, 2.05) is 85.8 Å². The van der Waals surface area contributed by atoms with Crippen LogP contribution in [0.5, 0.6) is 11.5 Å². The van der Waals surface area contributed by atoms with Crippen LogP contribution in [0.15, 0.2) is 78.9 Å². The van der Waals surface area contributed by atoms with Crippen molar-refractivity contribution in [1.29, 1.82) is 0 Å². The van der Waals surface area contributed by atoms with Crippen LogP contribution in [0.4, 0.5) is 5.69 Å². The molecule has 0 spiro atoms. The number of ether oxygens (including phenoxy) is 2. The summed E-state index contributed by atoms with van der Waals surface area (Å²) < 4.78 is 11.5. The summed E-state index contributed by atoms with van der Waals surface area (Å²) in [5.74, 6) is 1.27. The Balaban J connectivity index is 1.52. The third kappa shape index (κ3) is 5.35. The lowest BCUT2D eigenvalue weighted by atomic mass is 10.2. The highest BCUT2D eigenvalue weighted by atomic mass is 16.5. The van der Waals surface area contributed by atoms with E-state index in [2.05, 4.69) is 5.32 Å². The summed E-state index contributed by atoms with van der Waals surface area (Å²) in [6.07, 6.45) is -0.597. The molecule has 3 rings (SSSR count). The van der Waals surface area contributed by atoms with E-state index in [1.165, 1.54) is 0 Å². The minimum absolute atomic E-state index is 0.198. The molecular formula is C23H23NO3. The van der Waals surface area contributed by atoms with Gasteiger partial charge in [-0.05, 0) is 55.3 Å². The molecule has 0 radical (unpaired) electrons. The molecule has 4 heteroatoms. The summed E-state index contributed by atoms with van der Waals surface area (Å²) in [4.78, 5) is 12.4. The Labute approximate surface area is 159 Å². The van der Waals surface area contributed by atoms with Crippen LogP contribution in [0.25, 0.3) is 0 Å². The lowest BCUT2D eigenvalue weighted by Gasteiger charge is -2.16. The molecule has 0 heterocycles. The van der Waals surface area contributed by atoms with Gasteiger partial charge in [0.15, 0.2) is 6.10 Å². The van der Waals surface area contributed by atoms with Crippen LogP contribution in [0.1, 0.15) is 18.1 Å². The zero-order chi connectivity index (χ0) is 19.1. The number of hydrogen-bond donors (Lipinski definition) is 1. The molecular weight excluding hydrogens is 338 g/mol. The second kappa shape index (κ2) is 8.90. The molecule has 1 atom stereocenters. The molecule has 0 aliphatic rings. The van der Waals surface area contributed by atoms with Crippen LogP contribution in [-0.4, -0.2) is 12.0 Å². The molecule has 138 valence electrons. The molecule has 0 saturated carbocycles. The van der Waals surface area contributed by atoms with Crippen molar-refractivity contribution in [3.8, 4) is 11.5 Å². The molecule has 0 aliphatic carbocycles. The fourth-order valence-electron chi connectivity index (χ4n) is 2.55. The molecule has 3 aromatic carbocycles. The quantitative estimate of drug-likeness (QED) is 0.646. The highest BCUT2D eigenvalue weighted by molar-refractivity contribution is 5.94. The van der Waals surface area contributed by atoms with Gasteiger partial charge in [0, 0.05) is 5.69 Å². The summed E-state index contributed by atoms with van der Waals surface area (Å²) >= 11 is 0. The Bertz CT molecular complexity index is 876. The zero-order valence-corrected chi connectivity index (χ0v) is 15.5. The maximum absolute atomic E-state index is 12.4. The second-order valence-electron chi connectivity index (χ2n) is 6.31. The monoisotopic (exact) mass is 361 g/mol. The van der Waals surface area contributed by atoms with Crippen molar-refractivity contribution in [2.45, 2.75) is 26.6 Å². The van der Waals surface area contributed by atoms with E-state index in [4.69, 9.17) is 9.47 Å². The Morgan fingerprint density at radius 3 is 2.30 bits per heavy atom. The Hall–Kier alpha value is -3.27. The molecule has 0 bridgehead atoms. The number of carbonyl (C=O) groups is 1. The largest absolute Gasteiger partial charge is 0.489 e. The molecule has 0 aromatic heterocycles. The summed E-state index contributed by atoms with van der Waals surface area (Å²) in [6.45, 7) is 4.20. The fourth-order valence-corrected chi connectivity index (χ4v) is 2.55. The summed E-state index contributed by atoms with van der Waals surface area (Å²) in [6, 6.07) is 24.9. The van der Waals surface area contributed by atoms with Gasteiger partial charge >= 0.3 is 0 Å². The van der Waals surface area contributed by atoms with E-state index in [1.54, 1.807) is 6.92 Å². The minimum Gasteiger partial charge on any atom is -0.489 e. The van der Waals surface area contributed by atoms with Crippen molar-refractivity contribution in [2.24, 2.45) is 0 Å². The van der Waals surface area contributed by atoms with Gasteiger partial charge < -0.3 is 14.8 Å². The number of nitrogens with one attached hydrogen (secondary N) is 1. The van der Waals surface area contributed by atoms with Crippen molar-refractivity contribution in [3.05, 3.63) is 90.0 Å². The van der Waals surface area contributed by atoms with Gasteiger partial charge in [-0.15, -0.1) is 0 Å². The normalized spacial score (nSPS) is 11.5. The van der Waals surface area contributed by atoms with Gasteiger partial charge in [0.05, 0.1) is 0 Å². The van der Waals surface area contributed by atoms with Crippen LogP contribution in [-0.2, 0) is 11.4 Å². The highest BCUT2D eigenvalue weighted by Crippen LogP contribution is 2.20. The third-order valence-electron chi connectivity index (χ3n) is 4.14. The SMILES string of the molecule is Cc1ccccc1OC(C)C(=O)Nc1ccc(OCc2ccccc2)cc1. The maximum Gasteiger partial charge on any atom is 0.265 e. The number of benzene rings is 3. The second-order valence-corrected chi connectivity index (χ2v) is 6.31. The van der Waals surface area contributed by atoms with Crippen molar-refractivity contribution >= 4 is 11.6 Å². The first kappa shape index (κ1) is 18.5. The van der Waals surface area contributed by atoms with Gasteiger partial charge in [-0.3, -0.25) is 4.79 Å². The molecule has 1 N–H and O–H groups in total. The fraction of sp³-hybridized carbons (Fsp3) is 0.174. The van der Waals surface area contributed by atoms with Gasteiger partial charge in [-0.2, -0.15) is 0 Å². The molecule has 3 aromatic rings. The van der Waals surface area contributed by atoms with Crippen LogP contribution in [0.2, 0.25) is 0 Å². The molecule has 0 saturated heterocycles. The topological polar surface area (TPSA) is 47.6 Å². The average Bonchev–Trinajstić information content (AvgIpc) is 2.70. The number of aryl methyl sites for hydroxylation is 1. The summed E-state index contributed by atoms with van der Waals surface area (Å²) in [5, 5.41) is 2.86. The minimum atomic E-state index is -0.597. The first-order valence-corrected chi connectivity index (χ1v) is 8.92. The lowest BCUT2D eigenvalue weighted by Crippen LogP contribution is -2.30. The molecule has 0 aliphatic heterocycles.